The van der Waals surface area contributed by atoms with Gasteiger partial charge in [-0.3, -0.25) is 0 Å². The Morgan fingerprint density at radius 3 is 2.94 bits per heavy atom. The average Bonchev–Trinajstić information content (AvgIpc) is 2.35. The molecule has 0 unspecified atom stereocenters. The van der Waals surface area contributed by atoms with Crippen molar-refractivity contribution in [3.63, 3.8) is 0 Å². The van der Waals surface area contributed by atoms with Crippen molar-refractivity contribution >= 4 is 11.7 Å². The third-order valence-corrected chi connectivity index (χ3v) is 2.09. The summed E-state index contributed by atoms with van der Waals surface area (Å²) in [7, 11) is 0. The number of benzene rings is 1. The van der Waals surface area contributed by atoms with Gasteiger partial charge in [0.1, 0.15) is 0 Å². The molecular weight excluding hydrogens is 216 g/mol. The molecule has 1 aromatic carbocycles. The smallest absolute Gasteiger partial charge is 0.319 e. The van der Waals surface area contributed by atoms with Crippen molar-refractivity contribution in [2.75, 3.05) is 25.0 Å². The molecule has 17 heavy (non-hydrogen) atoms. The Morgan fingerprint density at radius 2 is 2.24 bits per heavy atom. The maximum Gasteiger partial charge on any atom is 0.319 e. The van der Waals surface area contributed by atoms with Crippen LogP contribution in [0, 0.1) is 11.3 Å². The summed E-state index contributed by atoms with van der Waals surface area (Å²) in [5, 5.41) is 17.2. The number of amides is 2. The van der Waals surface area contributed by atoms with E-state index in [1.54, 1.807) is 24.3 Å². The van der Waals surface area contributed by atoms with E-state index in [2.05, 4.69) is 16.0 Å². The Bertz CT molecular complexity index is 411. The largest absolute Gasteiger partial charge is 0.337 e. The fraction of sp³-hybridized carbons (Fsp3) is 0.333. The van der Waals surface area contributed by atoms with E-state index in [1.165, 1.54) is 0 Å². The molecule has 90 valence electrons. The standard InChI is InChI=1S/C12H16N4O/c1-2-14-6-7-15-12(17)16-11-5-3-4-10(8-11)9-13/h3-5,8,14H,2,6-7H2,1H3,(H2,15,16,17). The van der Waals surface area contributed by atoms with E-state index in [0.29, 0.717) is 17.8 Å². The molecule has 2 amide bonds. The molecule has 0 saturated carbocycles. The fourth-order valence-corrected chi connectivity index (χ4v) is 1.28. The molecule has 0 saturated heterocycles. The van der Waals surface area contributed by atoms with Gasteiger partial charge >= 0.3 is 6.03 Å². The molecule has 0 aliphatic rings. The SMILES string of the molecule is CCNCCNC(=O)Nc1cccc(C#N)c1. The minimum Gasteiger partial charge on any atom is -0.337 e. The number of nitrogens with one attached hydrogen (secondary N) is 3. The van der Waals surface area contributed by atoms with E-state index >= 15 is 0 Å². The molecular formula is C12H16N4O. The maximum absolute atomic E-state index is 11.4. The van der Waals surface area contributed by atoms with Crippen molar-refractivity contribution < 1.29 is 4.79 Å². The van der Waals surface area contributed by atoms with Gasteiger partial charge in [0.2, 0.25) is 0 Å². The predicted molar refractivity (Wildman–Crippen MR) is 66.7 cm³/mol. The predicted octanol–water partition coefficient (Wildman–Crippen LogP) is 1.29. The van der Waals surface area contributed by atoms with Crippen LogP contribution in [0.2, 0.25) is 0 Å². The van der Waals surface area contributed by atoms with Crippen molar-refractivity contribution in [1.82, 2.24) is 10.6 Å². The minimum absolute atomic E-state index is 0.266. The molecule has 0 aromatic heterocycles. The number of likely N-dealkylation sites (N-methyl/N-ethyl adjacent to an activating group) is 1. The van der Waals surface area contributed by atoms with E-state index in [9.17, 15) is 4.79 Å². The Balaban J connectivity index is 2.37. The molecule has 0 bridgehead atoms. The van der Waals surface area contributed by atoms with Crippen molar-refractivity contribution in [2.24, 2.45) is 0 Å². The molecule has 1 rings (SSSR count). The van der Waals surface area contributed by atoms with E-state index in [-0.39, 0.29) is 6.03 Å². The molecule has 0 atom stereocenters. The number of urea groups is 1. The number of hydrogen-bond acceptors (Lipinski definition) is 3. The first kappa shape index (κ1) is 13.0. The number of nitriles is 1. The highest BCUT2D eigenvalue weighted by atomic mass is 16.2. The maximum atomic E-state index is 11.4. The van der Waals surface area contributed by atoms with Gasteiger partial charge in [0, 0.05) is 18.8 Å². The van der Waals surface area contributed by atoms with Crippen molar-refractivity contribution in [3.8, 4) is 6.07 Å². The second-order valence-electron chi connectivity index (χ2n) is 3.43. The lowest BCUT2D eigenvalue weighted by Crippen LogP contribution is -2.34. The van der Waals surface area contributed by atoms with Crippen LogP contribution in [0.15, 0.2) is 24.3 Å². The summed E-state index contributed by atoms with van der Waals surface area (Å²) >= 11 is 0. The van der Waals surface area contributed by atoms with Gasteiger partial charge in [-0.1, -0.05) is 13.0 Å². The number of rotatable bonds is 5. The van der Waals surface area contributed by atoms with Crippen LogP contribution in [0.25, 0.3) is 0 Å². The Kier molecular flexibility index (Phi) is 5.55. The highest BCUT2D eigenvalue weighted by Gasteiger charge is 2.00. The van der Waals surface area contributed by atoms with Gasteiger partial charge in [0.15, 0.2) is 0 Å². The summed E-state index contributed by atoms with van der Waals surface area (Å²) in [6.45, 7) is 4.20. The van der Waals surface area contributed by atoms with Crippen molar-refractivity contribution in [3.05, 3.63) is 29.8 Å². The summed E-state index contributed by atoms with van der Waals surface area (Å²) in [5.74, 6) is 0. The van der Waals surface area contributed by atoms with E-state index < -0.39 is 0 Å². The van der Waals surface area contributed by atoms with Gasteiger partial charge in [0.25, 0.3) is 0 Å². The Morgan fingerprint density at radius 1 is 1.41 bits per heavy atom. The minimum atomic E-state index is -0.266. The highest BCUT2D eigenvalue weighted by Crippen LogP contribution is 2.09. The van der Waals surface area contributed by atoms with Crippen LogP contribution >= 0.6 is 0 Å². The second kappa shape index (κ2) is 7.25. The lowest BCUT2D eigenvalue weighted by molar-refractivity contribution is 0.252. The number of carbonyl (C=O) groups is 1. The van der Waals surface area contributed by atoms with Gasteiger partial charge in [0.05, 0.1) is 11.6 Å². The van der Waals surface area contributed by atoms with Gasteiger partial charge in [-0.2, -0.15) is 5.26 Å². The van der Waals surface area contributed by atoms with E-state index in [4.69, 9.17) is 5.26 Å². The third-order valence-electron chi connectivity index (χ3n) is 2.09. The molecule has 0 spiro atoms. The normalized spacial score (nSPS) is 9.41. The van der Waals surface area contributed by atoms with Crippen LogP contribution in [0.4, 0.5) is 10.5 Å². The summed E-state index contributed by atoms with van der Waals surface area (Å²) in [6.07, 6.45) is 0. The van der Waals surface area contributed by atoms with Crippen LogP contribution < -0.4 is 16.0 Å². The summed E-state index contributed by atoms with van der Waals surface area (Å²) in [4.78, 5) is 11.4. The van der Waals surface area contributed by atoms with Gasteiger partial charge in [-0.25, -0.2) is 4.79 Å². The summed E-state index contributed by atoms with van der Waals surface area (Å²) in [5.41, 5.74) is 1.14. The molecule has 5 nitrogen and oxygen atoms in total. The zero-order valence-electron chi connectivity index (χ0n) is 9.79. The van der Waals surface area contributed by atoms with Gasteiger partial charge in [-0.05, 0) is 24.7 Å². The third kappa shape index (κ3) is 5.00. The Labute approximate surface area is 101 Å². The van der Waals surface area contributed by atoms with Crippen LogP contribution in [0.3, 0.4) is 0 Å². The molecule has 3 N–H and O–H groups in total. The molecule has 0 fully saturated rings. The lowest BCUT2D eigenvalue weighted by Gasteiger charge is -2.07. The first-order valence-electron chi connectivity index (χ1n) is 5.52. The first-order valence-corrected chi connectivity index (χ1v) is 5.52. The zero-order chi connectivity index (χ0) is 12.5. The number of anilines is 1. The molecule has 0 aliphatic heterocycles. The quantitative estimate of drug-likeness (QED) is 0.669. The Hall–Kier alpha value is -2.06. The molecule has 5 heteroatoms. The van der Waals surface area contributed by atoms with Crippen molar-refractivity contribution in [2.45, 2.75) is 6.92 Å². The van der Waals surface area contributed by atoms with Crippen LogP contribution in [-0.4, -0.2) is 25.7 Å². The number of nitrogens with zero attached hydrogens (tertiary/aromatic N) is 1. The topological polar surface area (TPSA) is 76.9 Å². The second-order valence-corrected chi connectivity index (χ2v) is 3.43. The number of carbonyl (C=O) groups excluding carboxylic acids is 1. The molecule has 1 aromatic rings. The van der Waals surface area contributed by atoms with Crippen molar-refractivity contribution in [1.29, 1.82) is 5.26 Å². The zero-order valence-corrected chi connectivity index (χ0v) is 9.79. The first-order chi connectivity index (χ1) is 8.26. The molecule has 0 heterocycles. The van der Waals surface area contributed by atoms with Gasteiger partial charge in [-0.15, -0.1) is 0 Å². The van der Waals surface area contributed by atoms with Gasteiger partial charge < -0.3 is 16.0 Å². The number of hydrogen-bond donors (Lipinski definition) is 3. The van der Waals surface area contributed by atoms with Crippen LogP contribution in [0.5, 0.6) is 0 Å². The fourth-order valence-electron chi connectivity index (χ4n) is 1.28. The molecule has 0 radical (unpaired) electrons. The summed E-state index contributed by atoms with van der Waals surface area (Å²) in [6, 6.07) is 8.54. The summed E-state index contributed by atoms with van der Waals surface area (Å²) < 4.78 is 0. The lowest BCUT2D eigenvalue weighted by atomic mass is 10.2. The van der Waals surface area contributed by atoms with Crippen LogP contribution in [0.1, 0.15) is 12.5 Å². The molecule has 0 aliphatic carbocycles. The average molecular weight is 232 g/mol. The monoisotopic (exact) mass is 232 g/mol. The van der Waals surface area contributed by atoms with E-state index in [1.807, 2.05) is 13.0 Å². The van der Waals surface area contributed by atoms with E-state index in [0.717, 1.165) is 13.1 Å². The van der Waals surface area contributed by atoms with Crippen LogP contribution in [-0.2, 0) is 0 Å². The highest BCUT2D eigenvalue weighted by molar-refractivity contribution is 5.89.